The van der Waals surface area contributed by atoms with Crippen LogP contribution < -0.4 is 16.9 Å². The van der Waals surface area contributed by atoms with Crippen LogP contribution in [0.1, 0.15) is 27.7 Å². The Morgan fingerprint density at radius 3 is 2.60 bits per heavy atom. The zero-order valence-electron chi connectivity index (χ0n) is 18.9. The van der Waals surface area contributed by atoms with Gasteiger partial charge in [-0.25, -0.2) is 5.84 Å². The van der Waals surface area contributed by atoms with E-state index in [4.69, 9.17) is 21.3 Å². The molecule has 9 heteroatoms. The fourth-order valence-electron chi connectivity index (χ4n) is 2.83. The number of nitrogens with zero attached hydrogens (tertiary/aromatic N) is 3. The standard InChI is InChI=1S/C21H39BrN6OS/c1-6-8-18(28(24)16-21(3,4)5)19(23)17(22)15-25-9-10-26-20(30-7-2)27-11-13-29-14-12-27/h6,8,25H,1,7,9-16,23-24H2,2-5H3/b18-8+,19-17-,26-20?. The molecule has 0 aromatic rings. The highest BCUT2D eigenvalue weighted by Crippen LogP contribution is 2.21. The maximum Gasteiger partial charge on any atom is 0.159 e. The van der Waals surface area contributed by atoms with Crippen LogP contribution in [0.4, 0.5) is 0 Å². The van der Waals surface area contributed by atoms with E-state index < -0.39 is 0 Å². The Morgan fingerprint density at radius 2 is 2.03 bits per heavy atom. The molecule has 30 heavy (non-hydrogen) atoms. The molecule has 1 fully saturated rings. The Labute approximate surface area is 195 Å². The topological polar surface area (TPSA) is 92.1 Å². The number of nitrogens with one attached hydrogen (secondary N) is 1. The lowest BCUT2D eigenvalue weighted by molar-refractivity contribution is 0.0692. The third-order valence-corrected chi connectivity index (χ3v) is 5.81. The van der Waals surface area contributed by atoms with E-state index in [0.717, 1.165) is 53.9 Å². The maximum atomic E-state index is 6.37. The number of thioether (sulfide) groups is 1. The number of hydrogen-bond acceptors (Lipinski definition) is 7. The van der Waals surface area contributed by atoms with Crippen molar-refractivity contribution in [2.75, 3.05) is 58.2 Å². The minimum absolute atomic E-state index is 0.0483. The Balaban J connectivity index is 2.62. The SMILES string of the molecule is C=C/C=C(\C(N)=C(\Br)CNCCN=C(SCC)N1CCOCC1)N(N)CC(C)(C)C. The number of morpholine rings is 1. The summed E-state index contributed by atoms with van der Waals surface area (Å²) in [5.41, 5.74) is 7.78. The number of allylic oxidation sites excluding steroid dienone is 2. The van der Waals surface area contributed by atoms with Crippen molar-refractivity contribution in [1.82, 2.24) is 15.2 Å². The summed E-state index contributed by atoms with van der Waals surface area (Å²) < 4.78 is 6.30. The van der Waals surface area contributed by atoms with Gasteiger partial charge in [0.05, 0.1) is 31.2 Å². The second kappa shape index (κ2) is 14.1. The molecule has 0 unspecified atom stereocenters. The highest BCUT2D eigenvalue weighted by Gasteiger charge is 2.18. The number of rotatable bonds is 10. The van der Waals surface area contributed by atoms with E-state index in [0.29, 0.717) is 25.3 Å². The highest BCUT2D eigenvalue weighted by molar-refractivity contribution is 9.11. The van der Waals surface area contributed by atoms with Gasteiger partial charge in [0.2, 0.25) is 0 Å². The molecule has 0 aromatic heterocycles. The number of amidine groups is 1. The van der Waals surface area contributed by atoms with Crippen LogP contribution in [0.5, 0.6) is 0 Å². The largest absolute Gasteiger partial charge is 0.396 e. The van der Waals surface area contributed by atoms with Crippen molar-refractivity contribution in [2.24, 2.45) is 22.0 Å². The molecule has 5 N–H and O–H groups in total. The first-order chi connectivity index (χ1) is 14.2. The predicted molar refractivity (Wildman–Crippen MR) is 134 cm³/mol. The van der Waals surface area contributed by atoms with Gasteiger partial charge >= 0.3 is 0 Å². The molecule has 1 saturated heterocycles. The molecule has 0 aromatic carbocycles. The van der Waals surface area contributed by atoms with Gasteiger partial charge in [-0.2, -0.15) is 0 Å². The average Bonchev–Trinajstić information content (AvgIpc) is 2.69. The Morgan fingerprint density at radius 1 is 1.37 bits per heavy atom. The Bertz CT molecular complexity index is 623. The van der Waals surface area contributed by atoms with Crippen molar-refractivity contribution in [3.8, 4) is 0 Å². The van der Waals surface area contributed by atoms with E-state index in [-0.39, 0.29) is 5.41 Å². The summed E-state index contributed by atoms with van der Waals surface area (Å²) in [5.74, 6) is 7.28. The number of aliphatic imine (C=N–C) groups is 1. The van der Waals surface area contributed by atoms with Crippen LogP contribution in [-0.2, 0) is 4.74 Å². The number of ether oxygens (including phenoxy) is 1. The predicted octanol–water partition coefficient (Wildman–Crippen LogP) is 2.87. The Hall–Kier alpha value is -1.00. The summed E-state index contributed by atoms with van der Waals surface area (Å²) in [6, 6.07) is 0. The summed E-state index contributed by atoms with van der Waals surface area (Å²) in [6.45, 7) is 18.5. The zero-order valence-corrected chi connectivity index (χ0v) is 21.3. The first-order valence-corrected chi connectivity index (χ1v) is 12.2. The molecule has 0 amide bonds. The van der Waals surface area contributed by atoms with Gasteiger partial charge in [0, 0.05) is 37.2 Å². The van der Waals surface area contributed by atoms with Gasteiger partial charge in [0.25, 0.3) is 0 Å². The molecule has 1 aliphatic heterocycles. The first-order valence-electron chi connectivity index (χ1n) is 10.4. The third kappa shape index (κ3) is 10.3. The van der Waals surface area contributed by atoms with Crippen LogP contribution in [0.3, 0.4) is 0 Å². The van der Waals surface area contributed by atoms with Gasteiger partial charge in [-0.1, -0.05) is 68.0 Å². The quantitative estimate of drug-likeness (QED) is 0.105. The van der Waals surface area contributed by atoms with E-state index in [9.17, 15) is 0 Å². The molecular formula is C21H39BrN6OS. The number of hydrogen-bond donors (Lipinski definition) is 3. The smallest absolute Gasteiger partial charge is 0.159 e. The molecule has 0 spiro atoms. The van der Waals surface area contributed by atoms with Crippen molar-refractivity contribution in [1.29, 1.82) is 0 Å². The van der Waals surface area contributed by atoms with Gasteiger partial charge in [0.1, 0.15) is 0 Å². The van der Waals surface area contributed by atoms with E-state index in [1.165, 1.54) is 0 Å². The number of hydrazine groups is 1. The summed E-state index contributed by atoms with van der Waals surface area (Å²) in [6.07, 6.45) is 3.54. The van der Waals surface area contributed by atoms with Crippen LogP contribution in [0.2, 0.25) is 0 Å². The minimum Gasteiger partial charge on any atom is -0.396 e. The van der Waals surface area contributed by atoms with Crippen LogP contribution in [0.25, 0.3) is 0 Å². The van der Waals surface area contributed by atoms with Crippen molar-refractivity contribution in [3.05, 3.63) is 34.6 Å². The summed E-state index contributed by atoms with van der Waals surface area (Å²) in [4.78, 5) is 7.09. The first kappa shape index (κ1) is 27.0. The Kier molecular flexibility index (Phi) is 12.7. The number of halogens is 1. The van der Waals surface area contributed by atoms with Crippen LogP contribution in [0.15, 0.2) is 39.6 Å². The molecule has 0 atom stereocenters. The maximum absolute atomic E-state index is 6.37. The summed E-state index contributed by atoms with van der Waals surface area (Å²) >= 11 is 5.39. The molecule has 0 bridgehead atoms. The number of nitrogens with two attached hydrogens (primary N) is 2. The average molecular weight is 504 g/mol. The van der Waals surface area contributed by atoms with Crippen molar-refractivity contribution >= 4 is 32.9 Å². The highest BCUT2D eigenvalue weighted by atomic mass is 79.9. The van der Waals surface area contributed by atoms with Crippen molar-refractivity contribution < 1.29 is 4.74 Å². The van der Waals surface area contributed by atoms with Crippen LogP contribution in [-0.4, -0.2) is 73.3 Å². The monoisotopic (exact) mass is 502 g/mol. The lowest BCUT2D eigenvalue weighted by Crippen LogP contribution is -2.40. The van der Waals surface area contributed by atoms with Gasteiger partial charge in [0.15, 0.2) is 5.17 Å². The van der Waals surface area contributed by atoms with E-state index >= 15 is 0 Å². The zero-order chi connectivity index (χ0) is 22.6. The van der Waals surface area contributed by atoms with E-state index in [1.807, 2.05) is 6.08 Å². The van der Waals surface area contributed by atoms with E-state index in [1.54, 1.807) is 22.8 Å². The van der Waals surface area contributed by atoms with Crippen molar-refractivity contribution in [3.63, 3.8) is 0 Å². The van der Waals surface area contributed by atoms with Gasteiger partial charge in [-0.3, -0.25) is 4.99 Å². The molecular weight excluding hydrogens is 464 g/mol. The summed E-state index contributed by atoms with van der Waals surface area (Å²) in [5, 5.41) is 6.18. The van der Waals surface area contributed by atoms with Crippen LogP contribution >= 0.6 is 27.7 Å². The van der Waals surface area contributed by atoms with E-state index in [2.05, 4.69) is 60.4 Å². The third-order valence-electron chi connectivity index (χ3n) is 4.17. The molecule has 1 aliphatic rings. The second-order valence-electron chi connectivity index (χ2n) is 8.17. The molecule has 7 nitrogen and oxygen atoms in total. The summed E-state index contributed by atoms with van der Waals surface area (Å²) in [7, 11) is 0. The molecule has 1 heterocycles. The van der Waals surface area contributed by atoms with Crippen molar-refractivity contribution in [2.45, 2.75) is 27.7 Å². The molecule has 0 radical (unpaired) electrons. The lowest BCUT2D eigenvalue weighted by Gasteiger charge is -2.30. The second-order valence-corrected chi connectivity index (χ2v) is 10.4. The molecule has 0 saturated carbocycles. The normalized spacial score (nSPS) is 17.1. The lowest BCUT2D eigenvalue weighted by atomic mass is 9.96. The molecule has 1 rings (SSSR count). The van der Waals surface area contributed by atoms with Crippen LogP contribution in [0, 0.1) is 5.41 Å². The van der Waals surface area contributed by atoms with Gasteiger partial charge in [-0.15, -0.1) is 0 Å². The van der Waals surface area contributed by atoms with Gasteiger partial charge in [-0.05, 0) is 17.2 Å². The van der Waals surface area contributed by atoms with Gasteiger partial charge < -0.3 is 25.7 Å². The minimum atomic E-state index is 0.0483. The molecule has 172 valence electrons. The fraction of sp³-hybridized carbons (Fsp3) is 0.667. The molecule has 0 aliphatic carbocycles. The fourth-order valence-corrected chi connectivity index (χ4v) is 4.04.